The Hall–Kier alpha value is -2.20. The highest BCUT2D eigenvalue weighted by atomic mass is 32.1. The Morgan fingerprint density at radius 3 is 1.87 bits per heavy atom. The van der Waals surface area contributed by atoms with E-state index >= 15 is 0 Å². The minimum absolute atomic E-state index is 0.0701. The van der Waals surface area contributed by atoms with Crippen LogP contribution in [0.1, 0.15) is 29.9 Å². The Labute approximate surface area is 142 Å². The molecule has 3 nitrogen and oxygen atoms in total. The fourth-order valence-electron chi connectivity index (χ4n) is 2.96. The number of likely N-dealkylation sites (tertiary alicyclic amines) is 1. The molecule has 1 fully saturated rings. The summed E-state index contributed by atoms with van der Waals surface area (Å²) in [7, 11) is 0. The molecule has 1 aliphatic rings. The first-order valence-electron chi connectivity index (χ1n) is 7.95. The molecule has 1 aliphatic heterocycles. The van der Waals surface area contributed by atoms with Crippen LogP contribution in [0.5, 0.6) is 0 Å². The van der Waals surface area contributed by atoms with Gasteiger partial charge in [0.2, 0.25) is 5.91 Å². The van der Waals surface area contributed by atoms with Crippen LogP contribution >= 0.6 is 12.2 Å². The topological polar surface area (TPSA) is 32.3 Å². The molecule has 4 heteroatoms. The lowest BCUT2D eigenvalue weighted by molar-refractivity contribution is -0.120. The Bertz CT molecular complexity index is 627. The summed E-state index contributed by atoms with van der Waals surface area (Å²) >= 11 is 5.40. The van der Waals surface area contributed by atoms with E-state index in [4.69, 9.17) is 12.2 Å². The van der Waals surface area contributed by atoms with Gasteiger partial charge in [-0.05, 0) is 36.2 Å². The van der Waals surface area contributed by atoms with Crippen molar-refractivity contribution in [2.24, 2.45) is 0 Å². The molecule has 23 heavy (non-hydrogen) atoms. The first-order valence-corrected chi connectivity index (χ1v) is 8.36. The van der Waals surface area contributed by atoms with E-state index in [-0.39, 0.29) is 11.8 Å². The van der Waals surface area contributed by atoms with Gasteiger partial charge in [0.05, 0.1) is 5.92 Å². The van der Waals surface area contributed by atoms with Crippen molar-refractivity contribution in [3.63, 3.8) is 0 Å². The molecule has 0 spiro atoms. The second kappa shape index (κ2) is 7.38. The molecule has 0 saturated carbocycles. The third kappa shape index (κ3) is 3.77. The summed E-state index contributed by atoms with van der Waals surface area (Å²) in [6.45, 7) is 1.86. The predicted octanol–water partition coefficient (Wildman–Crippen LogP) is 3.32. The lowest BCUT2D eigenvalue weighted by Crippen LogP contribution is -2.43. The molecular formula is C19H20N2OS. The number of rotatable bonds is 3. The zero-order valence-corrected chi connectivity index (χ0v) is 13.8. The Morgan fingerprint density at radius 1 is 0.913 bits per heavy atom. The molecule has 1 saturated heterocycles. The van der Waals surface area contributed by atoms with Crippen molar-refractivity contribution in [1.82, 2.24) is 10.2 Å². The van der Waals surface area contributed by atoms with Crippen molar-refractivity contribution in [3.05, 3.63) is 71.8 Å². The number of thiocarbonyl (C=S) groups is 1. The van der Waals surface area contributed by atoms with Crippen LogP contribution in [0.2, 0.25) is 0 Å². The first kappa shape index (κ1) is 15.7. The quantitative estimate of drug-likeness (QED) is 0.879. The molecule has 118 valence electrons. The summed E-state index contributed by atoms with van der Waals surface area (Å²) in [6, 6.07) is 19.7. The second-order valence-electron chi connectivity index (χ2n) is 5.74. The SMILES string of the molecule is O=C(NC(=S)N1CCCC1)C(c1ccccc1)c1ccccc1. The monoisotopic (exact) mass is 324 g/mol. The van der Waals surface area contributed by atoms with Crippen molar-refractivity contribution >= 4 is 23.2 Å². The van der Waals surface area contributed by atoms with Gasteiger partial charge < -0.3 is 10.2 Å². The van der Waals surface area contributed by atoms with Crippen molar-refractivity contribution in [2.45, 2.75) is 18.8 Å². The van der Waals surface area contributed by atoms with E-state index in [0.29, 0.717) is 5.11 Å². The number of hydrogen-bond acceptors (Lipinski definition) is 2. The molecule has 1 heterocycles. The number of hydrogen-bond donors (Lipinski definition) is 1. The van der Waals surface area contributed by atoms with Crippen molar-refractivity contribution in [3.8, 4) is 0 Å². The van der Waals surface area contributed by atoms with Crippen LogP contribution in [-0.4, -0.2) is 29.0 Å². The Balaban J connectivity index is 1.83. The highest BCUT2D eigenvalue weighted by molar-refractivity contribution is 7.80. The number of carbonyl (C=O) groups is 1. The van der Waals surface area contributed by atoms with Gasteiger partial charge >= 0.3 is 0 Å². The minimum Gasteiger partial charge on any atom is -0.349 e. The fourth-order valence-corrected chi connectivity index (χ4v) is 3.25. The molecule has 1 amide bonds. The number of nitrogens with zero attached hydrogens (tertiary/aromatic N) is 1. The van der Waals surface area contributed by atoms with Gasteiger partial charge in [-0.25, -0.2) is 0 Å². The minimum atomic E-state index is -0.349. The van der Waals surface area contributed by atoms with Crippen LogP contribution in [-0.2, 0) is 4.79 Å². The average Bonchev–Trinajstić information content (AvgIpc) is 3.12. The van der Waals surface area contributed by atoms with E-state index in [1.54, 1.807) is 0 Å². The van der Waals surface area contributed by atoms with Crippen LogP contribution in [0, 0.1) is 0 Å². The van der Waals surface area contributed by atoms with E-state index < -0.39 is 0 Å². The normalized spacial score (nSPS) is 14.0. The molecular weight excluding hydrogens is 304 g/mol. The predicted molar refractivity (Wildman–Crippen MR) is 96.3 cm³/mol. The van der Waals surface area contributed by atoms with Gasteiger partial charge in [-0.1, -0.05) is 60.7 Å². The molecule has 0 radical (unpaired) electrons. The maximum atomic E-state index is 12.9. The average molecular weight is 324 g/mol. The van der Waals surface area contributed by atoms with Crippen molar-refractivity contribution < 1.29 is 4.79 Å². The Kier molecular flexibility index (Phi) is 5.03. The highest BCUT2D eigenvalue weighted by Crippen LogP contribution is 2.24. The fraction of sp³-hybridized carbons (Fsp3) is 0.263. The standard InChI is InChI=1S/C19H20N2OS/c22-18(20-19(23)21-13-7-8-14-21)17(15-9-3-1-4-10-15)16-11-5-2-6-12-16/h1-6,9-12,17H,7-8,13-14H2,(H,20,22,23). The van der Waals surface area contributed by atoms with Crippen LogP contribution in [0.15, 0.2) is 60.7 Å². The molecule has 0 aliphatic carbocycles. The molecule has 0 atom stereocenters. The van der Waals surface area contributed by atoms with E-state index in [9.17, 15) is 4.79 Å². The smallest absolute Gasteiger partial charge is 0.238 e. The third-order valence-electron chi connectivity index (χ3n) is 4.15. The van der Waals surface area contributed by atoms with Gasteiger partial charge in [-0.2, -0.15) is 0 Å². The zero-order chi connectivity index (χ0) is 16.1. The molecule has 3 rings (SSSR count). The summed E-state index contributed by atoms with van der Waals surface area (Å²) in [4.78, 5) is 15.0. The lowest BCUT2D eigenvalue weighted by Gasteiger charge is -2.22. The lowest BCUT2D eigenvalue weighted by atomic mass is 9.90. The molecule has 0 unspecified atom stereocenters. The van der Waals surface area contributed by atoms with Crippen LogP contribution < -0.4 is 5.32 Å². The van der Waals surface area contributed by atoms with E-state index in [1.165, 1.54) is 0 Å². The third-order valence-corrected chi connectivity index (χ3v) is 4.51. The van der Waals surface area contributed by atoms with Crippen LogP contribution in [0.3, 0.4) is 0 Å². The van der Waals surface area contributed by atoms with E-state index in [0.717, 1.165) is 37.1 Å². The van der Waals surface area contributed by atoms with Crippen LogP contribution in [0.25, 0.3) is 0 Å². The summed E-state index contributed by atoms with van der Waals surface area (Å²) < 4.78 is 0. The van der Waals surface area contributed by atoms with E-state index in [1.807, 2.05) is 60.7 Å². The summed E-state index contributed by atoms with van der Waals surface area (Å²) in [5.74, 6) is -0.419. The van der Waals surface area contributed by atoms with Crippen molar-refractivity contribution in [2.75, 3.05) is 13.1 Å². The second-order valence-corrected chi connectivity index (χ2v) is 6.13. The first-order chi connectivity index (χ1) is 11.3. The van der Waals surface area contributed by atoms with Gasteiger partial charge in [-0.15, -0.1) is 0 Å². The largest absolute Gasteiger partial charge is 0.349 e. The van der Waals surface area contributed by atoms with Gasteiger partial charge in [0, 0.05) is 13.1 Å². The van der Waals surface area contributed by atoms with Gasteiger partial charge in [0.1, 0.15) is 0 Å². The van der Waals surface area contributed by atoms with Gasteiger partial charge in [-0.3, -0.25) is 4.79 Å². The van der Waals surface area contributed by atoms with Crippen LogP contribution in [0.4, 0.5) is 0 Å². The number of nitrogens with one attached hydrogen (secondary N) is 1. The number of benzene rings is 2. The number of carbonyl (C=O) groups excluding carboxylic acids is 1. The molecule has 2 aromatic carbocycles. The maximum absolute atomic E-state index is 12.9. The zero-order valence-electron chi connectivity index (χ0n) is 12.9. The van der Waals surface area contributed by atoms with Gasteiger partial charge in [0.15, 0.2) is 5.11 Å². The summed E-state index contributed by atoms with van der Waals surface area (Å²) in [5.41, 5.74) is 1.95. The van der Waals surface area contributed by atoms with Gasteiger partial charge in [0.25, 0.3) is 0 Å². The Morgan fingerprint density at radius 2 is 1.39 bits per heavy atom. The molecule has 0 bridgehead atoms. The molecule has 0 aromatic heterocycles. The summed E-state index contributed by atoms with van der Waals surface area (Å²) in [6.07, 6.45) is 2.27. The van der Waals surface area contributed by atoms with E-state index in [2.05, 4.69) is 10.2 Å². The molecule has 2 aromatic rings. The summed E-state index contributed by atoms with van der Waals surface area (Å²) in [5, 5.41) is 3.48. The van der Waals surface area contributed by atoms with Crippen molar-refractivity contribution in [1.29, 1.82) is 0 Å². The maximum Gasteiger partial charge on any atom is 0.238 e. The number of amides is 1. The highest BCUT2D eigenvalue weighted by Gasteiger charge is 2.25. The molecule has 1 N–H and O–H groups in total.